The number of nitrogens with zero attached hydrogens (tertiary/aromatic N) is 3. The van der Waals surface area contributed by atoms with Crippen molar-refractivity contribution in [2.45, 2.75) is 13.0 Å². The van der Waals surface area contributed by atoms with Crippen LogP contribution in [0, 0.1) is 12.7 Å². The second-order valence-electron chi connectivity index (χ2n) is 3.68. The van der Waals surface area contributed by atoms with Crippen LogP contribution >= 0.6 is 0 Å². The summed E-state index contributed by atoms with van der Waals surface area (Å²) in [6, 6.07) is 0.309. The molecule has 0 saturated carbocycles. The van der Waals surface area contributed by atoms with Crippen LogP contribution in [-0.2, 0) is 0 Å². The molecule has 76 valence electrons. The quantitative estimate of drug-likeness (QED) is 0.754. The van der Waals surface area contributed by atoms with Gasteiger partial charge in [0, 0.05) is 13.1 Å². The van der Waals surface area contributed by atoms with Gasteiger partial charge in [-0.05, 0) is 14.0 Å². The van der Waals surface area contributed by atoms with Crippen molar-refractivity contribution in [1.29, 1.82) is 0 Å². The summed E-state index contributed by atoms with van der Waals surface area (Å²) in [5.41, 5.74) is 0.384. The van der Waals surface area contributed by atoms with E-state index >= 15 is 0 Å². The molecule has 2 rings (SSSR count). The molecule has 0 bridgehead atoms. The monoisotopic (exact) mass is 196 g/mol. The van der Waals surface area contributed by atoms with Gasteiger partial charge in [-0.1, -0.05) is 0 Å². The van der Waals surface area contributed by atoms with Crippen LogP contribution in [0.5, 0.6) is 0 Å². The summed E-state index contributed by atoms with van der Waals surface area (Å²) in [5, 5.41) is 3.05. The molecule has 1 aliphatic rings. The number of nitrogens with one attached hydrogen (secondary N) is 1. The molecule has 1 N–H and O–H groups in total. The van der Waals surface area contributed by atoms with E-state index in [4.69, 9.17) is 0 Å². The van der Waals surface area contributed by atoms with Gasteiger partial charge in [0.15, 0.2) is 11.6 Å². The Morgan fingerprint density at radius 1 is 1.50 bits per heavy atom. The van der Waals surface area contributed by atoms with Gasteiger partial charge in [0.05, 0.1) is 11.7 Å². The van der Waals surface area contributed by atoms with E-state index in [1.54, 1.807) is 6.92 Å². The van der Waals surface area contributed by atoms with Crippen LogP contribution in [0.1, 0.15) is 5.69 Å². The van der Waals surface area contributed by atoms with Crippen molar-refractivity contribution in [3.8, 4) is 0 Å². The molecular weight excluding hydrogens is 183 g/mol. The molecule has 0 unspecified atom stereocenters. The van der Waals surface area contributed by atoms with Gasteiger partial charge in [0.2, 0.25) is 0 Å². The molecule has 1 aliphatic heterocycles. The molecule has 0 atom stereocenters. The highest BCUT2D eigenvalue weighted by Gasteiger charge is 2.24. The molecule has 2 heterocycles. The molecule has 0 aliphatic carbocycles. The third-order valence-electron chi connectivity index (χ3n) is 2.37. The third kappa shape index (κ3) is 1.68. The Labute approximate surface area is 82.2 Å². The van der Waals surface area contributed by atoms with Crippen LogP contribution in [0.2, 0.25) is 0 Å². The van der Waals surface area contributed by atoms with Gasteiger partial charge in [-0.2, -0.15) is 0 Å². The fourth-order valence-electron chi connectivity index (χ4n) is 1.54. The summed E-state index contributed by atoms with van der Waals surface area (Å²) in [6.07, 6.45) is 1.38. The maximum Gasteiger partial charge on any atom is 0.186 e. The van der Waals surface area contributed by atoms with E-state index in [2.05, 4.69) is 20.2 Å². The number of halogens is 1. The summed E-state index contributed by atoms with van der Waals surface area (Å²) in [6.45, 7) is 3.50. The Bertz CT molecular complexity index is 336. The van der Waals surface area contributed by atoms with Crippen LogP contribution in [0.15, 0.2) is 6.33 Å². The van der Waals surface area contributed by atoms with Crippen molar-refractivity contribution >= 4 is 5.82 Å². The Balaban J connectivity index is 2.06. The first-order chi connectivity index (χ1) is 6.66. The molecule has 1 saturated heterocycles. The molecule has 0 amide bonds. The molecule has 0 aromatic carbocycles. The molecule has 0 radical (unpaired) electrons. The van der Waals surface area contributed by atoms with E-state index in [0.29, 0.717) is 17.6 Å². The number of rotatable bonds is 2. The Kier molecular flexibility index (Phi) is 2.33. The van der Waals surface area contributed by atoms with Crippen LogP contribution in [-0.4, -0.2) is 41.0 Å². The predicted octanol–water partition coefficient (Wildman–Crippen LogP) is 0.650. The summed E-state index contributed by atoms with van der Waals surface area (Å²) in [7, 11) is 2.03. The summed E-state index contributed by atoms with van der Waals surface area (Å²) in [5.74, 6) is -0.0300. The average Bonchev–Trinajstić information content (AvgIpc) is 2.10. The van der Waals surface area contributed by atoms with E-state index < -0.39 is 0 Å². The van der Waals surface area contributed by atoms with Crippen LogP contribution in [0.25, 0.3) is 0 Å². The predicted molar refractivity (Wildman–Crippen MR) is 51.6 cm³/mol. The first-order valence-corrected chi connectivity index (χ1v) is 4.59. The topological polar surface area (TPSA) is 41.1 Å². The highest BCUT2D eigenvalue weighted by Crippen LogP contribution is 2.16. The minimum absolute atomic E-state index is 0.309. The minimum atomic E-state index is -0.345. The number of hydrogen-bond acceptors (Lipinski definition) is 4. The Morgan fingerprint density at radius 3 is 2.86 bits per heavy atom. The first kappa shape index (κ1) is 9.33. The first-order valence-electron chi connectivity index (χ1n) is 4.59. The van der Waals surface area contributed by atoms with E-state index in [-0.39, 0.29) is 5.82 Å². The maximum absolute atomic E-state index is 13.4. The number of aromatic nitrogens is 2. The van der Waals surface area contributed by atoms with Crippen molar-refractivity contribution in [2.75, 3.05) is 25.5 Å². The van der Waals surface area contributed by atoms with Gasteiger partial charge in [0.25, 0.3) is 0 Å². The maximum atomic E-state index is 13.4. The van der Waals surface area contributed by atoms with Crippen molar-refractivity contribution in [2.24, 2.45) is 0 Å². The number of hydrogen-bond donors (Lipinski definition) is 1. The lowest BCUT2D eigenvalue weighted by Gasteiger charge is -2.36. The van der Waals surface area contributed by atoms with E-state index in [1.165, 1.54) is 6.33 Å². The standard InChI is InChI=1S/C9H13FN4/c1-6-8(10)9(12-5-11-6)13-7-3-14(2)4-7/h5,7H,3-4H2,1-2H3,(H,11,12,13). The molecule has 14 heavy (non-hydrogen) atoms. The molecule has 1 fully saturated rings. The zero-order valence-corrected chi connectivity index (χ0v) is 8.29. The van der Waals surface area contributed by atoms with E-state index in [0.717, 1.165) is 13.1 Å². The lowest BCUT2D eigenvalue weighted by Crippen LogP contribution is -2.52. The van der Waals surface area contributed by atoms with Gasteiger partial charge in [0.1, 0.15) is 6.33 Å². The van der Waals surface area contributed by atoms with Crippen LogP contribution in [0.3, 0.4) is 0 Å². The van der Waals surface area contributed by atoms with Crippen LogP contribution < -0.4 is 5.32 Å². The van der Waals surface area contributed by atoms with Crippen molar-refractivity contribution in [3.05, 3.63) is 17.8 Å². The lowest BCUT2D eigenvalue weighted by molar-refractivity contribution is 0.204. The molecule has 0 spiro atoms. The smallest absolute Gasteiger partial charge is 0.186 e. The van der Waals surface area contributed by atoms with Gasteiger partial charge < -0.3 is 10.2 Å². The Hall–Kier alpha value is -1.23. The minimum Gasteiger partial charge on any atom is -0.362 e. The molecule has 1 aromatic heterocycles. The zero-order valence-electron chi connectivity index (χ0n) is 8.29. The summed E-state index contributed by atoms with van der Waals surface area (Å²) in [4.78, 5) is 9.80. The number of anilines is 1. The number of likely N-dealkylation sites (tertiary alicyclic amines) is 1. The number of aryl methyl sites for hydroxylation is 1. The average molecular weight is 196 g/mol. The largest absolute Gasteiger partial charge is 0.362 e. The van der Waals surface area contributed by atoms with E-state index in [1.807, 2.05) is 7.05 Å². The van der Waals surface area contributed by atoms with Gasteiger partial charge >= 0.3 is 0 Å². The number of likely N-dealkylation sites (N-methyl/N-ethyl adjacent to an activating group) is 1. The SMILES string of the molecule is Cc1ncnc(NC2CN(C)C2)c1F. The lowest BCUT2D eigenvalue weighted by atomic mass is 10.1. The molecule has 5 heteroatoms. The summed E-state index contributed by atoms with van der Waals surface area (Å²) >= 11 is 0. The molecule has 4 nitrogen and oxygen atoms in total. The van der Waals surface area contributed by atoms with Gasteiger partial charge in [-0.15, -0.1) is 0 Å². The van der Waals surface area contributed by atoms with E-state index in [9.17, 15) is 4.39 Å². The molecular formula is C9H13FN4. The summed E-state index contributed by atoms with van der Waals surface area (Å²) < 4.78 is 13.4. The second kappa shape index (κ2) is 3.49. The van der Waals surface area contributed by atoms with Crippen LogP contribution in [0.4, 0.5) is 10.2 Å². The highest BCUT2D eigenvalue weighted by molar-refractivity contribution is 5.38. The highest BCUT2D eigenvalue weighted by atomic mass is 19.1. The Morgan fingerprint density at radius 2 is 2.21 bits per heavy atom. The van der Waals surface area contributed by atoms with Crippen molar-refractivity contribution < 1.29 is 4.39 Å². The van der Waals surface area contributed by atoms with Gasteiger partial charge in [-0.25, -0.2) is 14.4 Å². The van der Waals surface area contributed by atoms with Crippen molar-refractivity contribution in [3.63, 3.8) is 0 Å². The van der Waals surface area contributed by atoms with Crippen molar-refractivity contribution in [1.82, 2.24) is 14.9 Å². The molecule has 1 aromatic rings. The fourth-order valence-corrected chi connectivity index (χ4v) is 1.54. The normalized spacial score (nSPS) is 17.9. The second-order valence-corrected chi connectivity index (χ2v) is 3.68. The zero-order chi connectivity index (χ0) is 10.1. The van der Waals surface area contributed by atoms with Gasteiger partial charge in [-0.3, -0.25) is 0 Å². The fraction of sp³-hybridized carbons (Fsp3) is 0.556. The third-order valence-corrected chi connectivity index (χ3v) is 2.37.